The first-order chi connectivity index (χ1) is 9.61. The Morgan fingerprint density at radius 3 is 2.85 bits per heavy atom. The van der Waals surface area contributed by atoms with Crippen LogP contribution in [0.25, 0.3) is 0 Å². The second-order valence-electron chi connectivity index (χ2n) is 4.35. The highest BCUT2D eigenvalue weighted by molar-refractivity contribution is 5.70. The summed E-state index contributed by atoms with van der Waals surface area (Å²) in [4.78, 5) is 20.6. The maximum absolute atomic E-state index is 11.3. The molecule has 20 heavy (non-hydrogen) atoms. The number of nitro groups is 1. The Balaban J connectivity index is 2.98. The van der Waals surface area contributed by atoms with Crippen molar-refractivity contribution in [2.24, 2.45) is 0 Å². The molecule has 8 heteroatoms. The van der Waals surface area contributed by atoms with Crippen LogP contribution in [0.4, 0.5) is 17.3 Å². The Labute approximate surface area is 118 Å². The molecule has 1 aromatic rings. The van der Waals surface area contributed by atoms with Crippen molar-refractivity contribution in [2.45, 2.75) is 19.8 Å². The van der Waals surface area contributed by atoms with Gasteiger partial charge in [0.2, 0.25) is 11.6 Å². The number of anilines is 2. The van der Waals surface area contributed by atoms with Gasteiger partial charge in [0.15, 0.2) is 0 Å². The molecule has 0 aliphatic rings. The first kappa shape index (κ1) is 16.1. The number of hydrogen-bond acceptors (Lipinski definition) is 7. The normalized spacial score (nSPS) is 10.3. The van der Waals surface area contributed by atoms with Crippen molar-refractivity contribution in [3.63, 3.8) is 0 Å². The minimum Gasteiger partial charge on any atom is -0.383 e. The van der Waals surface area contributed by atoms with Gasteiger partial charge >= 0.3 is 5.69 Å². The van der Waals surface area contributed by atoms with Gasteiger partial charge in [-0.2, -0.15) is 0 Å². The molecule has 1 rings (SSSR count). The van der Waals surface area contributed by atoms with Gasteiger partial charge < -0.3 is 15.0 Å². The topological polar surface area (TPSA) is 93.4 Å². The van der Waals surface area contributed by atoms with Crippen molar-refractivity contribution in [3.8, 4) is 0 Å². The van der Waals surface area contributed by atoms with Gasteiger partial charge in [-0.3, -0.25) is 10.1 Å². The number of rotatable bonds is 9. The Morgan fingerprint density at radius 1 is 1.50 bits per heavy atom. The third-order valence-electron chi connectivity index (χ3n) is 2.79. The van der Waals surface area contributed by atoms with Crippen LogP contribution < -0.4 is 10.2 Å². The zero-order valence-electron chi connectivity index (χ0n) is 12.1. The molecule has 0 aliphatic carbocycles. The van der Waals surface area contributed by atoms with E-state index >= 15 is 0 Å². The standard InChI is InChI=1S/C12H21N5O3/c1-4-5-7-16(2)12-10(17(18)19)11(14-9-15-12)13-6-8-20-3/h9H,4-8H2,1-3H3,(H,13,14,15). The van der Waals surface area contributed by atoms with Crippen molar-refractivity contribution >= 4 is 17.3 Å². The molecule has 0 unspecified atom stereocenters. The molecule has 0 saturated heterocycles. The van der Waals surface area contributed by atoms with Gasteiger partial charge in [-0.15, -0.1) is 0 Å². The zero-order chi connectivity index (χ0) is 15.0. The molecule has 0 radical (unpaired) electrons. The van der Waals surface area contributed by atoms with Crippen LogP contribution in [0.5, 0.6) is 0 Å². The number of aromatic nitrogens is 2. The van der Waals surface area contributed by atoms with E-state index in [1.807, 2.05) is 0 Å². The third-order valence-corrected chi connectivity index (χ3v) is 2.79. The number of ether oxygens (including phenoxy) is 1. The second kappa shape index (κ2) is 8.26. The van der Waals surface area contributed by atoms with Crippen molar-refractivity contribution < 1.29 is 9.66 Å². The van der Waals surface area contributed by atoms with Crippen LogP contribution in [0.2, 0.25) is 0 Å². The highest BCUT2D eigenvalue weighted by atomic mass is 16.6. The third kappa shape index (κ3) is 4.30. The van der Waals surface area contributed by atoms with Gasteiger partial charge in [-0.25, -0.2) is 9.97 Å². The molecule has 112 valence electrons. The summed E-state index contributed by atoms with van der Waals surface area (Å²) >= 11 is 0. The van der Waals surface area contributed by atoms with E-state index in [0.717, 1.165) is 12.8 Å². The van der Waals surface area contributed by atoms with Crippen LogP contribution in [0.15, 0.2) is 6.33 Å². The number of nitrogens with one attached hydrogen (secondary N) is 1. The summed E-state index contributed by atoms with van der Waals surface area (Å²) < 4.78 is 4.91. The molecular formula is C12H21N5O3. The predicted molar refractivity (Wildman–Crippen MR) is 77.2 cm³/mol. The Morgan fingerprint density at radius 2 is 2.25 bits per heavy atom. The molecule has 0 atom stereocenters. The number of unbranched alkanes of at least 4 members (excludes halogenated alkanes) is 1. The van der Waals surface area contributed by atoms with Crippen molar-refractivity contribution in [3.05, 3.63) is 16.4 Å². The predicted octanol–water partition coefficient (Wildman–Crippen LogP) is 1.68. The van der Waals surface area contributed by atoms with Crippen LogP contribution >= 0.6 is 0 Å². The highest BCUT2D eigenvalue weighted by Crippen LogP contribution is 2.30. The van der Waals surface area contributed by atoms with Gasteiger partial charge in [0, 0.05) is 27.2 Å². The van der Waals surface area contributed by atoms with E-state index in [4.69, 9.17) is 4.74 Å². The van der Waals surface area contributed by atoms with Crippen molar-refractivity contribution in [1.29, 1.82) is 0 Å². The average Bonchev–Trinajstić information content (AvgIpc) is 2.44. The summed E-state index contributed by atoms with van der Waals surface area (Å²) in [6, 6.07) is 0. The lowest BCUT2D eigenvalue weighted by molar-refractivity contribution is -0.383. The lowest BCUT2D eigenvalue weighted by Crippen LogP contribution is -2.22. The maximum Gasteiger partial charge on any atom is 0.353 e. The molecule has 1 heterocycles. The fraction of sp³-hybridized carbons (Fsp3) is 0.667. The summed E-state index contributed by atoms with van der Waals surface area (Å²) in [7, 11) is 3.37. The molecular weight excluding hydrogens is 262 g/mol. The Hall–Kier alpha value is -1.96. The van der Waals surface area contributed by atoms with E-state index in [1.165, 1.54) is 6.33 Å². The van der Waals surface area contributed by atoms with Gasteiger partial charge in [-0.1, -0.05) is 13.3 Å². The Bertz CT molecular complexity index is 441. The quantitative estimate of drug-likeness (QED) is 0.418. The lowest BCUT2D eigenvalue weighted by atomic mass is 10.3. The van der Waals surface area contributed by atoms with Crippen LogP contribution in [0.3, 0.4) is 0 Å². The summed E-state index contributed by atoms with van der Waals surface area (Å²) in [5, 5.41) is 14.2. The highest BCUT2D eigenvalue weighted by Gasteiger charge is 2.24. The van der Waals surface area contributed by atoms with E-state index in [2.05, 4.69) is 22.2 Å². The van der Waals surface area contributed by atoms with Gasteiger partial charge in [-0.05, 0) is 6.42 Å². The van der Waals surface area contributed by atoms with E-state index in [9.17, 15) is 10.1 Å². The number of hydrogen-bond donors (Lipinski definition) is 1. The fourth-order valence-electron chi connectivity index (χ4n) is 1.72. The smallest absolute Gasteiger partial charge is 0.353 e. The minimum atomic E-state index is -0.451. The van der Waals surface area contributed by atoms with Crippen molar-refractivity contribution in [1.82, 2.24) is 9.97 Å². The first-order valence-corrected chi connectivity index (χ1v) is 6.55. The molecule has 1 N–H and O–H groups in total. The summed E-state index contributed by atoms with van der Waals surface area (Å²) in [6.45, 7) is 3.68. The van der Waals surface area contributed by atoms with Crippen LogP contribution in [-0.2, 0) is 4.74 Å². The minimum absolute atomic E-state index is 0.0952. The molecule has 0 bridgehead atoms. The second-order valence-corrected chi connectivity index (χ2v) is 4.35. The van der Waals surface area contributed by atoms with Crippen LogP contribution in [-0.4, -0.2) is 48.7 Å². The van der Waals surface area contributed by atoms with Crippen LogP contribution in [0.1, 0.15) is 19.8 Å². The number of nitrogens with zero attached hydrogens (tertiary/aromatic N) is 4. The monoisotopic (exact) mass is 283 g/mol. The first-order valence-electron chi connectivity index (χ1n) is 6.55. The van der Waals surface area contributed by atoms with E-state index in [0.29, 0.717) is 25.5 Å². The molecule has 1 aromatic heterocycles. The largest absolute Gasteiger partial charge is 0.383 e. The molecule has 0 amide bonds. The molecule has 0 aliphatic heterocycles. The Kier molecular flexibility index (Phi) is 6.65. The van der Waals surface area contributed by atoms with E-state index < -0.39 is 4.92 Å². The molecule has 0 fully saturated rings. The van der Waals surface area contributed by atoms with Gasteiger partial charge in [0.1, 0.15) is 6.33 Å². The maximum atomic E-state index is 11.3. The molecule has 0 aromatic carbocycles. The van der Waals surface area contributed by atoms with Gasteiger partial charge in [0.05, 0.1) is 11.5 Å². The molecule has 0 spiro atoms. The van der Waals surface area contributed by atoms with Crippen molar-refractivity contribution in [2.75, 3.05) is 44.1 Å². The number of methoxy groups -OCH3 is 1. The summed E-state index contributed by atoms with van der Waals surface area (Å²) in [6.07, 6.45) is 3.30. The van der Waals surface area contributed by atoms with Crippen LogP contribution in [0, 0.1) is 10.1 Å². The van der Waals surface area contributed by atoms with Gasteiger partial charge in [0.25, 0.3) is 0 Å². The zero-order valence-corrected chi connectivity index (χ0v) is 12.1. The molecule has 8 nitrogen and oxygen atoms in total. The lowest BCUT2D eigenvalue weighted by Gasteiger charge is -2.18. The van der Waals surface area contributed by atoms with E-state index in [-0.39, 0.29) is 11.5 Å². The SMILES string of the molecule is CCCCN(C)c1ncnc(NCCOC)c1[N+](=O)[O-]. The summed E-state index contributed by atoms with van der Waals surface area (Å²) in [5.74, 6) is 0.554. The molecule has 0 saturated carbocycles. The summed E-state index contributed by atoms with van der Waals surface area (Å²) in [5.41, 5.74) is -0.0952. The fourth-order valence-corrected chi connectivity index (χ4v) is 1.72. The average molecular weight is 283 g/mol. The van der Waals surface area contributed by atoms with E-state index in [1.54, 1.807) is 19.1 Å².